The maximum atomic E-state index is 12.3. The molecule has 0 saturated carbocycles. The summed E-state index contributed by atoms with van der Waals surface area (Å²) in [6, 6.07) is 18.2. The first-order chi connectivity index (χ1) is 14.7. The first-order valence-electron chi connectivity index (χ1n) is 9.93. The van der Waals surface area contributed by atoms with Gasteiger partial charge >= 0.3 is 0 Å². The van der Waals surface area contributed by atoms with Gasteiger partial charge in [0.2, 0.25) is 5.91 Å². The Hall–Kier alpha value is -2.90. The molecule has 1 aromatic heterocycles. The second kappa shape index (κ2) is 9.73. The number of carbonyl (C=O) groups is 1. The molecule has 0 atom stereocenters. The van der Waals surface area contributed by atoms with E-state index in [-0.39, 0.29) is 11.7 Å². The summed E-state index contributed by atoms with van der Waals surface area (Å²) in [4.78, 5) is 20.0. The van der Waals surface area contributed by atoms with Crippen molar-refractivity contribution in [1.29, 1.82) is 0 Å². The molecule has 1 saturated heterocycles. The lowest BCUT2D eigenvalue weighted by atomic mass is 10.1. The number of morpholine rings is 1. The average Bonchev–Trinajstić information content (AvgIpc) is 2.82. The Morgan fingerprint density at radius 1 is 1.13 bits per heavy atom. The van der Waals surface area contributed by atoms with Crippen LogP contribution in [0.1, 0.15) is 12.5 Å². The van der Waals surface area contributed by atoms with Crippen LogP contribution in [-0.2, 0) is 9.53 Å². The number of benzene rings is 2. The van der Waals surface area contributed by atoms with Gasteiger partial charge in [0.1, 0.15) is 0 Å². The number of hydrogen-bond donors (Lipinski definition) is 1. The summed E-state index contributed by atoms with van der Waals surface area (Å²) >= 11 is 1.46. The van der Waals surface area contributed by atoms with Crippen molar-refractivity contribution in [3.05, 3.63) is 66.4 Å². The zero-order valence-corrected chi connectivity index (χ0v) is 17.7. The van der Waals surface area contributed by atoms with Gasteiger partial charge in [0, 0.05) is 35.3 Å². The van der Waals surface area contributed by atoms with Crippen LogP contribution in [-0.4, -0.2) is 48.7 Å². The largest absolute Gasteiger partial charge is 0.378 e. The van der Waals surface area contributed by atoms with E-state index in [0.717, 1.165) is 53.4 Å². The van der Waals surface area contributed by atoms with Crippen LogP contribution in [0.4, 0.5) is 5.69 Å². The molecule has 0 unspecified atom stereocenters. The standard InChI is InChI=1S/C23H24N4O2S/c1-17(18-7-9-20(10-8-18)27-12-14-29-15-13-27)25-26-22(28)16-30-21-6-2-4-19-5-3-11-24-23(19)21/h2-11H,12-16H2,1H3,(H,26,28)/b25-17-. The van der Waals surface area contributed by atoms with Crippen LogP contribution < -0.4 is 10.3 Å². The van der Waals surface area contributed by atoms with Gasteiger partial charge in [-0.2, -0.15) is 5.10 Å². The van der Waals surface area contributed by atoms with Gasteiger partial charge in [-0.25, -0.2) is 5.43 Å². The molecule has 1 amide bonds. The molecule has 0 aliphatic carbocycles. The third kappa shape index (κ3) is 4.98. The predicted octanol–water partition coefficient (Wildman–Crippen LogP) is 3.70. The molecule has 1 aliphatic rings. The molecule has 4 rings (SSSR count). The number of nitrogens with zero attached hydrogens (tertiary/aromatic N) is 3. The van der Waals surface area contributed by atoms with E-state index < -0.39 is 0 Å². The second-order valence-corrected chi connectivity index (χ2v) is 8.02. The summed E-state index contributed by atoms with van der Waals surface area (Å²) in [6.45, 7) is 5.24. The van der Waals surface area contributed by atoms with Crippen LogP contribution >= 0.6 is 11.8 Å². The van der Waals surface area contributed by atoms with Gasteiger partial charge in [-0.05, 0) is 36.8 Å². The Kier molecular flexibility index (Phi) is 6.61. The van der Waals surface area contributed by atoms with Gasteiger partial charge in [-0.3, -0.25) is 9.78 Å². The topological polar surface area (TPSA) is 66.8 Å². The third-order valence-electron chi connectivity index (χ3n) is 4.96. The highest BCUT2D eigenvalue weighted by Gasteiger charge is 2.11. The minimum atomic E-state index is -0.141. The number of anilines is 1. The van der Waals surface area contributed by atoms with Gasteiger partial charge in [-0.1, -0.05) is 30.3 Å². The number of amides is 1. The second-order valence-electron chi connectivity index (χ2n) is 7.00. The van der Waals surface area contributed by atoms with E-state index in [1.165, 1.54) is 17.4 Å². The van der Waals surface area contributed by atoms with Crippen LogP contribution in [0, 0.1) is 0 Å². The molecule has 1 aliphatic heterocycles. The van der Waals surface area contributed by atoms with E-state index in [2.05, 4.69) is 32.5 Å². The summed E-state index contributed by atoms with van der Waals surface area (Å²) in [7, 11) is 0. The zero-order chi connectivity index (χ0) is 20.8. The molecule has 2 aromatic carbocycles. The third-order valence-corrected chi connectivity index (χ3v) is 6.01. The average molecular weight is 421 g/mol. The summed E-state index contributed by atoms with van der Waals surface area (Å²) in [5.41, 5.74) is 6.51. The summed E-state index contributed by atoms with van der Waals surface area (Å²) in [5, 5.41) is 5.33. The van der Waals surface area contributed by atoms with Crippen LogP contribution in [0.15, 0.2) is 70.8 Å². The maximum absolute atomic E-state index is 12.3. The molecular weight excluding hydrogens is 396 g/mol. The normalized spacial score (nSPS) is 14.7. The van der Waals surface area contributed by atoms with Crippen molar-refractivity contribution in [1.82, 2.24) is 10.4 Å². The van der Waals surface area contributed by atoms with Gasteiger partial charge in [0.25, 0.3) is 0 Å². The number of fused-ring (bicyclic) bond motifs is 1. The highest BCUT2D eigenvalue weighted by Crippen LogP contribution is 2.25. The lowest BCUT2D eigenvalue weighted by molar-refractivity contribution is -0.118. The number of thioether (sulfide) groups is 1. The Morgan fingerprint density at radius 3 is 2.70 bits per heavy atom. The van der Waals surface area contributed by atoms with Crippen molar-refractivity contribution in [3.8, 4) is 0 Å². The van der Waals surface area contributed by atoms with Crippen molar-refractivity contribution < 1.29 is 9.53 Å². The number of ether oxygens (including phenoxy) is 1. The number of hydrazone groups is 1. The van der Waals surface area contributed by atoms with E-state index in [1.54, 1.807) is 6.20 Å². The fourth-order valence-corrected chi connectivity index (χ4v) is 4.15. The molecule has 0 radical (unpaired) electrons. The Morgan fingerprint density at radius 2 is 1.90 bits per heavy atom. The molecule has 6 nitrogen and oxygen atoms in total. The molecule has 0 spiro atoms. The molecule has 30 heavy (non-hydrogen) atoms. The quantitative estimate of drug-likeness (QED) is 0.374. The molecular formula is C23H24N4O2S. The number of carbonyl (C=O) groups excluding carboxylic acids is 1. The van der Waals surface area contributed by atoms with E-state index in [9.17, 15) is 4.79 Å². The van der Waals surface area contributed by atoms with Crippen molar-refractivity contribution in [2.75, 3.05) is 37.0 Å². The van der Waals surface area contributed by atoms with Crippen molar-refractivity contribution in [2.24, 2.45) is 5.10 Å². The minimum Gasteiger partial charge on any atom is -0.378 e. The predicted molar refractivity (Wildman–Crippen MR) is 122 cm³/mol. The number of para-hydroxylation sites is 1. The fraction of sp³-hybridized carbons (Fsp3) is 0.261. The first kappa shape index (κ1) is 20.4. The van der Waals surface area contributed by atoms with Gasteiger partial charge < -0.3 is 9.64 Å². The highest BCUT2D eigenvalue weighted by atomic mass is 32.2. The maximum Gasteiger partial charge on any atom is 0.250 e. The lowest BCUT2D eigenvalue weighted by Gasteiger charge is -2.28. The molecule has 1 N–H and O–H groups in total. The van der Waals surface area contributed by atoms with Gasteiger partial charge in [0.05, 0.1) is 30.2 Å². The summed E-state index contributed by atoms with van der Waals surface area (Å²) < 4.78 is 5.40. The highest BCUT2D eigenvalue weighted by molar-refractivity contribution is 8.00. The Balaban J connectivity index is 1.33. The number of hydrogen-bond acceptors (Lipinski definition) is 6. The van der Waals surface area contributed by atoms with Crippen molar-refractivity contribution >= 4 is 40.0 Å². The number of nitrogens with one attached hydrogen (secondary N) is 1. The number of pyridine rings is 1. The van der Waals surface area contributed by atoms with Crippen LogP contribution in [0.25, 0.3) is 10.9 Å². The van der Waals surface area contributed by atoms with Crippen molar-refractivity contribution in [2.45, 2.75) is 11.8 Å². The van der Waals surface area contributed by atoms with Crippen molar-refractivity contribution in [3.63, 3.8) is 0 Å². The fourth-order valence-electron chi connectivity index (χ4n) is 3.31. The van der Waals surface area contributed by atoms with E-state index in [0.29, 0.717) is 0 Å². The summed E-state index contributed by atoms with van der Waals surface area (Å²) in [6.07, 6.45) is 1.77. The van der Waals surface area contributed by atoms with Crippen LogP contribution in [0.5, 0.6) is 0 Å². The molecule has 7 heteroatoms. The molecule has 2 heterocycles. The van der Waals surface area contributed by atoms with Gasteiger partial charge in [-0.15, -0.1) is 11.8 Å². The monoisotopic (exact) mass is 420 g/mol. The first-order valence-corrected chi connectivity index (χ1v) is 10.9. The number of aromatic nitrogens is 1. The summed E-state index contributed by atoms with van der Waals surface area (Å²) in [5.74, 6) is 0.139. The zero-order valence-electron chi connectivity index (χ0n) is 16.9. The SMILES string of the molecule is C/C(=N/NC(=O)CSc1cccc2cccnc12)c1ccc(N2CCOCC2)cc1. The molecule has 3 aromatic rings. The van der Waals surface area contributed by atoms with Crippen LogP contribution in [0.3, 0.4) is 0 Å². The Labute approximate surface area is 180 Å². The van der Waals surface area contributed by atoms with E-state index in [4.69, 9.17) is 4.74 Å². The number of rotatable bonds is 6. The Bertz CT molecular complexity index is 1040. The van der Waals surface area contributed by atoms with Gasteiger partial charge in [0.15, 0.2) is 0 Å². The lowest BCUT2D eigenvalue weighted by Crippen LogP contribution is -2.36. The van der Waals surface area contributed by atoms with E-state index >= 15 is 0 Å². The molecule has 1 fully saturated rings. The molecule has 0 bridgehead atoms. The van der Waals surface area contributed by atoms with E-state index in [1.807, 2.05) is 49.4 Å². The van der Waals surface area contributed by atoms with Crippen LogP contribution in [0.2, 0.25) is 0 Å². The molecule has 154 valence electrons. The minimum absolute atomic E-state index is 0.141. The smallest absolute Gasteiger partial charge is 0.250 e.